The van der Waals surface area contributed by atoms with Gasteiger partial charge in [-0.1, -0.05) is 22.0 Å². The van der Waals surface area contributed by atoms with Crippen LogP contribution in [0.2, 0.25) is 0 Å². The van der Waals surface area contributed by atoms with E-state index in [1.54, 1.807) is 18.2 Å². The maximum atomic E-state index is 12.4. The Morgan fingerprint density at radius 1 is 1.10 bits per heavy atom. The summed E-state index contributed by atoms with van der Waals surface area (Å²) in [6, 6.07) is 11.0. The third kappa shape index (κ3) is 3.03. The Labute approximate surface area is 131 Å². The zero-order valence-electron chi connectivity index (χ0n) is 11.5. The maximum Gasteiger partial charge on any atom is 0.255 e. The molecule has 1 aliphatic heterocycles. The Bertz CT molecular complexity index is 700. The van der Waals surface area contributed by atoms with Gasteiger partial charge in [0.05, 0.1) is 0 Å². The van der Waals surface area contributed by atoms with E-state index < -0.39 is 0 Å². The third-order valence-electron chi connectivity index (χ3n) is 3.24. The van der Waals surface area contributed by atoms with E-state index in [0.29, 0.717) is 36.0 Å². The Kier molecular flexibility index (Phi) is 3.84. The number of halogens is 1. The zero-order chi connectivity index (χ0) is 14.8. The van der Waals surface area contributed by atoms with E-state index in [-0.39, 0.29) is 5.91 Å². The van der Waals surface area contributed by atoms with Gasteiger partial charge in [-0.15, -0.1) is 0 Å². The highest BCUT2D eigenvalue weighted by Crippen LogP contribution is 2.32. The van der Waals surface area contributed by atoms with Crippen molar-refractivity contribution in [1.29, 1.82) is 0 Å². The molecule has 2 aromatic rings. The number of carbonyl (C=O) groups is 1. The lowest BCUT2D eigenvalue weighted by atomic mass is 10.1. The Hall–Kier alpha value is -2.01. The van der Waals surface area contributed by atoms with Gasteiger partial charge in [0.1, 0.15) is 13.2 Å². The first kappa shape index (κ1) is 13.9. The molecule has 1 heterocycles. The van der Waals surface area contributed by atoms with Gasteiger partial charge in [-0.3, -0.25) is 4.79 Å². The topological polar surface area (TPSA) is 47.6 Å². The molecule has 0 bridgehead atoms. The second-order valence-corrected chi connectivity index (χ2v) is 5.69. The van der Waals surface area contributed by atoms with Crippen LogP contribution >= 0.6 is 15.9 Å². The van der Waals surface area contributed by atoms with Crippen LogP contribution in [0, 0.1) is 6.92 Å². The van der Waals surface area contributed by atoms with Crippen LogP contribution in [0.3, 0.4) is 0 Å². The summed E-state index contributed by atoms with van der Waals surface area (Å²) in [4.78, 5) is 12.4. The number of hydrogen-bond donors (Lipinski definition) is 1. The van der Waals surface area contributed by atoms with Crippen molar-refractivity contribution in [3.05, 3.63) is 52.0 Å². The molecule has 0 unspecified atom stereocenters. The van der Waals surface area contributed by atoms with Crippen LogP contribution < -0.4 is 14.8 Å². The molecular formula is C16H14BrNO3. The van der Waals surface area contributed by atoms with Crippen LogP contribution in [0.25, 0.3) is 0 Å². The van der Waals surface area contributed by atoms with E-state index in [9.17, 15) is 4.79 Å². The monoisotopic (exact) mass is 347 g/mol. The molecule has 1 aliphatic rings. The van der Waals surface area contributed by atoms with Gasteiger partial charge < -0.3 is 14.8 Å². The van der Waals surface area contributed by atoms with E-state index in [1.807, 2.05) is 25.1 Å². The van der Waals surface area contributed by atoms with E-state index >= 15 is 0 Å². The molecule has 0 spiro atoms. The smallest absolute Gasteiger partial charge is 0.255 e. The van der Waals surface area contributed by atoms with Crippen LogP contribution in [0.5, 0.6) is 11.5 Å². The van der Waals surface area contributed by atoms with Crippen molar-refractivity contribution in [2.24, 2.45) is 0 Å². The van der Waals surface area contributed by atoms with Crippen molar-refractivity contribution in [3.8, 4) is 11.5 Å². The molecule has 0 saturated carbocycles. The highest BCUT2D eigenvalue weighted by molar-refractivity contribution is 9.10. The van der Waals surface area contributed by atoms with Gasteiger partial charge in [0.15, 0.2) is 11.5 Å². The van der Waals surface area contributed by atoms with Gasteiger partial charge in [-0.25, -0.2) is 0 Å². The molecule has 2 aromatic carbocycles. The van der Waals surface area contributed by atoms with E-state index in [2.05, 4.69) is 21.2 Å². The SMILES string of the molecule is Cc1ccc(Br)cc1C(=O)Nc1ccc2c(c1)OCCO2. The molecule has 0 aromatic heterocycles. The molecule has 0 aliphatic carbocycles. The van der Waals surface area contributed by atoms with Crippen LogP contribution in [-0.2, 0) is 0 Å². The number of hydrogen-bond acceptors (Lipinski definition) is 3. The fraction of sp³-hybridized carbons (Fsp3) is 0.188. The number of carbonyl (C=O) groups excluding carboxylic acids is 1. The van der Waals surface area contributed by atoms with Crippen LogP contribution in [0.15, 0.2) is 40.9 Å². The minimum Gasteiger partial charge on any atom is -0.486 e. The molecule has 1 amide bonds. The Morgan fingerprint density at radius 3 is 2.67 bits per heavy atom. The van der Waals surface area contributed by atoms with Gasteiger partial charge in [0.2, 0.25) is 0 Å². The zero-order valence-corrected chi connectivity index (χ0v) is 13.1. The average molecular weight is 348 g/mol. The van der Waals surface area contributed by atoms with Crippen molar-refractivity contribution in [1.82, 2.24) is 0 Å². The lowest BCUT2D eigenvalue weighted by Gasteiger charge is -2.19. The van der Waals surface area contributed by atoms with Crippen molar-refractivity contribution < 1.29 is 14.3 Å². The molecule has 108 valence electrons. The van der Waals surface area contributed by atoms with Gasteiger partial charge >= 0.3 is 0 Å². The minimum atomic E-state index is -0.148. The minimum absolute atomic E-state index is 0.148. The van der Waals surface area contributed by atoms with Crippen LogP contribution in [-0.4, -0.2) is 19.1 Å². The number of aryl methyl sites for hydroxylation is 1. The molecule has 5 heteroatoms. The second kappa shape index (κ2) is 5.77. The standard InChI is InChI=1S/C16H14BrNO3/c1-10-2-3-11(17)8-13(10)16(19)18-12-4-5-14-15(9-12)21-7-6-20-14/h2-5,8-9H,6-7H2,1H3,(H,18,19). The number of amides is 1. The first-order chi connectivity index (χ1) is 10.1. The molecule has 1 N–H and O–H groups in total. The van der Waals surface area contributed by atoms with Gasteiger partial charge in [-0.05, 0) is 36.8 Å². The van der Waals surface area contributed by atoms with Crippen LogP contribution in [0.1, 0.15) is 15.9 Å². The van der Waals surface area contributed by atoms with E-state index in [4.69, 9.17) is 9.47 Å². The Morgan fingerprint density at radius 2 is 1.86 bits per heavy atom. The number of rotatable bonds is 2. The quantitative estimate of drug-likeness (QED) is 0.899. The maximum absolute atomic E-state index is 12.4. The van der Waals surface area contributed by atoms with Crippen molar-refractivity contribution in [2.45, 2.75) is 6.92 Å². The lowest BCUT2D eigenvalue weighted by molar-refractivity contribution is 0.102. The van der Waals surface area contributed by atoms with Gasteiger partial charge in [0.25, 0.3) is 5.91 Å². The number of anilines is 1. The number of ether oxygens (including phenoxy) is 2. The first-order valence-corrected chi connectivity index (χ1v) is 7.40. The summed E-state index contributed by atoms with van der Waals surface area (Å²) in [5.74, 6) is 1.22. The number of fused-ring (bicyclic) bond motifs is 1. The summed E-state index contributed by atoms with van der Waals surface area (Å²) < 4.78 is 11.8. The largest absolute Gasteiger partial charge is 0.486 e. The third-order valence-corrected chi connectivity index (χ3v) is 3.74. The molecule has 0 saturated heterocycles. The number of benzene rings is 2. The van der Waals surface area contributed by atoms with E-state index in [0.717, 1.165) is 10.0 Å². The second-order valence-electron chi connectivity index (χ2n) is 4.77. The van der Waals surface area contributed by atoms with Crippen LogP contribution in [0.4, 0.5) is 5.69 Å². The lowest BCUT2D eigenvalue weighted by Crippen LogP contribution is -2.17. The normalized spacial score (nSPS) is 12.9. The van der Waals surface area contributed by atoms with Crippen molar-refractivity contribution >= 4 is 27.5 Å². The molecule has 0 radical (unpaired) electrons. The summed E-state index contributed by atoms with van der Waals surface area (Å²) in [5.41, 5.74) is 2.25. The highest BCUT2D eigenvalue weighted by Gasteiger charge is 2.14. The predicted octanol–water partition coefficient (Wildman–Crippen LogP) is 3.78. The fourth-order valence-electron chi connectivity index (χ4n) is 2.16. The average Bonchev–Trinajstić information content (AvgIpc) is 2.49. The molecule has 21 heavy (non-hydrogen) atoms. The molecule has 0 fully saturated rings. The fourth-order valence-corrected chi connectivity index (χ4v) is 2.52. The summed E-state index contributed by atoms with van der Waals surface area (Å²) >= 11 is 3.38. The predicted molar refractivity (Wildman–Crippen MR) is 84.3 cm³/mol. The Balaban J connectivity index is 1.83. The number of nitrogens with one attached hydrogen (secondary N) is 1. The summed E-state index contributed by atoms with van der Waals surface area (Å²) in [6.07, 6.45) is 0. The summed E-state index contributed by atoms with van der Waals surface area (Å²) in [6.45, 7) is 2.98. The summed E-state index contributed by atoms with van der Waals surface area (Å²) in [7, 11) is 0. The highest BCUT2D eigenvalue weighted by atomic mass is 79.9. The van der Waals surface area contributed by atoms with Gasteiger partial charge in [-0.2, -0.15) is 0 Å². The molecule has 3 rings (SSSR count). The van der Waals surface area contributed by atoms with Crippen molar-refractivity contribution in [2.75, 3.05) is 18.5 Å². The first-order valence-electron chi connectivity index (χ1n) is 6.60. The summed E-state index contributed by atoms with van der Waals surface area (Å²) in [5, 5.41) is 2.88. The molecule has 0 atom stereocenters. The molecule has 4 nitrogen and oxygen atoms in total. The van der Waals surface area contributed by atoms with E-state index in [1.165, 1.54) is 0 Å². The molecular weight excluding hydrogens is 334 g/mol. The van der Waals surface area contributed by atoms with Gasteiger partial charge in [0, 0.05) is 21.8 Å². The van der Waals surface area contributed by atoms with Crippen molar-refractivity contribution in [3.63, 3.8) is 0 Å².